The van der Waals surface area contributed by atoms with Crippen LogP contribution in [0.1, 0.15) is 28.8 Å². The van der Waals surface area contributed by atoms with Crippen LogP contribution >= 0.6 is 0 Å². The van der Waals surface area contributed by atoms with Crippen molar-refractivity contribution in [1.82, 2.24) is 4.90 Å². The standard InChI is InChI=1S/C26H26N2O4/c1-19-8-7-11-23(25(19)26(30)28-16-5-6-17-28)27-24(29)18-31-20-12-14-22(15-13-20)32-21-9-3-2-4-10-21/h2-4,7-15H,5-6,16-18H2,1H3,(H,27,29). The second-order valence-electron chi connectivity index (χ2n) is 7.72. The van der Waals surface area contributed by atoms with Crippen molar-refractivity contribution in [3.8, 4) is 17.2 Å². The van der Waals surface area contributed by atoms with E-state index in [0.717, 1.165) is 37.2 Å². The molecule has 3 aromatic rings. The third kappa shape index (κ3) is 5.27. The minimum Gasteiger partial charge on any atom is -0.484 e. The van der Waals surface area contributed by atoms with Crippen molar-refractivity contribution in [1.29, 1.82) is 0 Å². The lowest BCUT2D eigenvalue weighted by Crippen LogP contribution is -2.30. The molecule has 164 valence electrons. The Morgan fingerprint density at radius 1 is 0.844 bits per heavy atom. The number of carbonyl (C=O) groups excluding carboxylic acids is 2. The summed E-state index contributed by atoms with van der Waals surface area (Å²) in [5, 5.41) is 2.83. The summed E-state index contributed by atoms with van der Waals surface area (Å²) in [6.07, 6.45) is 2.03. The predicted molar refractivity (Wildman–Crippen MR) is 123 cm³/mol. The van der Waals surface area contributed by atoms with E-state index in [1.54, 1.807) is 30.3 Å². The van der Waals surface area contributed by atoms with E-state index in [4.69, 9.17) is 9.47 Å². The first-order valence-corrected chi connectivity index (χ1v) is 10.7. The van der Waals surface area contributed by atoms with Gasteiger partial charge in [-0.05, 0) is 67.8 Å². The molecule has 4 rings (SSSR count). The predicted octanol–water partition coefficient (Wildman–Crippen LogP) is 5.04. The number of likely N-dealkylation sites (tertiary alicyclic amines) is 1. The van der Waals surface area contributed by atoms with E-state index in [1.807, 2.05) is 54.3 Å². The van der Waals surface area contributed by atoms with Gasteiger partial charge in [0.25, 0.3) is 11.8 Å². The van der Waals surface area contributed by atoms with Gasteiger partial charge >= 0.3 is 0 Å². The van der Waals surface area contributed by atoms with Crippen molar-refractivity contribution in [2.75, 3.05) is 25.0 Å². The number of nitrogens with one attached hydrogen (secondary N) is 1. The summed E-state index contributed by atoms with van der Waals surface area (Å²) >= 11 is 0. The summed E-state index contributed by atoms with van der Waals surface area (Å²) in [5.74, 6) is 1.62. The number of aryl methyl sites for hydroxylation is 1. The maximum Gasteiger partial charge on any atom is 0.262 e. The van der Waals surface area contributed by atoms with Gasteiger partial charge in [-0.2, -0.15) is 0 Å². The SMILES string of the molecule is Cc1cccc(NC(=O)COc2ccc(Oc3ccccc3)cc2)c1C(=O)N1CCCC1. The third-order valence-corrected chi connectivity index (χ3v) is 5.33. The van der Waals surface area contributed by atoms with E-state index in [2.05, 4.69) is 5.32 Å². The fraction of sp³-hybridized carbons (Fsp3) is 0.231. The molecule has 0 unspecified atom stereocenters. The van der Waals surface area contributed by atoms with Crippen LogP contribution in [-0.2, 0) is 4.79 Å². The molecule has 0 spiro atoms. The molecule has 0 aromatic heterocycles. The normalized spacial score (nSPS) is 13.0. The topological polar surface area (TPSA) is 67.9 Å². The van der Waals surface area contributed by atoms with Crippen molar-refractivity contribution < 1.29 is 19.1 Å². The number of ether oxygens (including phenoxy) is 2. The smallest absolute Gasteiger partial charge is 0.262 e. The average molecular weight is 431 g/mol. The quantitative estimate of drug-likeness (QED) is 0.570. The van der Waals surface area contributed by atoms with Crippen molar-refractivity contribution >= 4 is 17.5 Å². The first kappa shape index (κ1) is 21.4. The highest BCUT2D eigenvalue weighted by atomic mass is 16.5. The van der Waals surface area contributed by atoms with Gasteiger partial charge in [0, 0.05) is 13.1 Å². The Morgan fingerprint density at radius 2 is 1.50 bits per heavy atom. The molecule has 2 amide bonds. The molecular formula is C26H26N2O4. The fourth-order valence-electron chi connectivity index (χ4n) is 3.70. The number of rotatable bonds is 7. The maximum atomic E-state index is 12.9. The number of nitrogens with zero attached hydrogens (tertiary/aromatic N) is 1. The summed E-state index contributed by atoms with van der Waals surface area (Å²) in [7, 11) is 0. The lowest BCUT2D eigenvalue weighted by atomic mass is 10.0. The van der Waals surface area contributed by atoms with Crippen molar-refractivity contribution in [3.05, 3.63) is 83.9 Å². The van der Waals surface area contributed by atoms with Crippen LogP contribution in [0.15, 0.2) is 72.8 Å². The summed E-state index contributed by atoms with van der Waals surface area (Å²) in [6.45, 7) is 3.24. The maximum absolute atomic E-state index is 12.9. The van der Waals surface area contributed by atoms with Gasteiger partial charge in [-0.1, -0.05) is 30.3 Å². The van der Waals surface area contributed by atoms with Gasteiger partial charge in [-0.15, -0.1) is 0 Å². The molecule has 0 radical (unpaired) electrons. The number of para-hydroxylation sites is 1. The van der Waals surface area contributed by atoms with Gasteiger partial charge in [-0.3, -0.25) is 9.59 Å². The van der Waals surface area contributed by atoms with Crippen LogP contribution in [0.5, 0.6) is 17.2 Å². The number of carbonyl (C=O) groups is 2. The number of hydrogen-bond acceptors (Lipinski definition) is 4. The summed E-state index contributed by atoms with van der Waals surface area (Å²) in [4.78, 5) is 27.3. The molecule has 1 heterocycles. The zero-order valence-corrected chi connectivity index (χ0v) is 18.0. The van der Waals surface area contributed by atoms with Crippen LogP contribution in [0.4, 0.5) is 5.69 Å². The highest BCUT2D eigenvalue weighted by molar-refractivity contribution is 6.05. The minimum atomic E-state index is -0.323. The number of amides is 2. The van der Waals surface area contributed by atoms with Gasteiger partial charge in [0.05, 0.1) is 11.3 Å². The number of hydrogen-bond donors (Lipinski definition) is 1. The Morgan fingerprint density at radius 3 is 2.22 bits per heavy atom. The molecule has 0 atom stereocenters. The monoisotopic (exact) mass is 430 g/mol. The van der Waals surface area contributed by atoms with E-state index in [1.165, 1.54) is 0 Å². The largest absolute Gasteiger partial charge is 0.484 e. The Balaban J connectivity index is 1.35. The van der Waals surface area contributed by atoms with E-state index < -0.39 is 0 Å². The Kier molecular flexibility index (Phi) is 6.70. The molecule has 6 nitrogen and oxygen atoms in total. The van der Waals surface area contributed by atoms with Crippen molar-refractivity contribution in [2.45, 2.75) is 19.8 Å². The molecule has 3 aromatic carbocycles. The highest BCUT2D eigenvalue weighted by Gasteiger charge is 2.24. The van der Waals surface area contributed by atoms with Gasteiger partial charge in [0.2, 0.25) is 0 Å². The molecule has 1 saturated heterocycles. The summed E-state index contributed by atoms with van der Waals surface area (Å²) in [6, 6.07) is 22.0. The zero-order chi connectivity index (χ0) is 22.3. The van der Waals surface area contributed by atoms with Crippen LogP contribution < -0.4 is 14.8 Å². The molecule has 1 fully saturated rings. The average Bonchev–Trinajstić information content (AvgIpc) is 3.34. The lowest BCUT2D eigenvalue weighted by Gasteiger charge is -2.19. The van der Waals surface area contributed by atoms with Gasteiger partial charge in [0.15, 0.2) is 6.61 Å². The third-order valence-electron chi connectivity index (χ3n) is 5.33. The number of anilines is 1. The van der Waals surface area contributed by atoms with E-state index >= 15 is 0 Å². The molecule has 1 aliphatic heterocycles. The summed E-state index contributed by atoms with van der Waals surface area (Å²) < 4.78 is 11.4. The fourth-order valence-corrected chi connectivity index (χ4v) is 3.70. The molecule has 0 saturated carbocycles. The van der Waals surface area contributed by atoms with Crippen LogP contribution in [0.25, 0.3) is 0 Å². The minimum absolute atomic E-state index is 0.0363. The van der Waals surface area contributed by atoms with Gasteiger partial charge < -0.3 is 19.7 Å². The molecule has 1 N–H and O–H groups in total. The van der Waals surface area contributed by atoms with Crippen molar-refractivity contribution in [3.63, 3.8) is 0 Å². The van der Waals surface area contributed by atoms with Crippen molar-refractivity contribution in [2.24, 2.45) is 0 Å². The van der Waals surface area contributed by atoms with Gasteiger partial charge in [-0.25, -0.2) is 0 Å². The van der Waals surface area contributed by atoms with E-state index in [-0.39, 0.29) is 18.4 Å². The second-order valence-corrected chi connectivity index (χ2v) is 7.72. The zero-order valence-electron chi connectivity index (χ0n) is 18.0. The van der Waals surface area contributed by atoms with Crippen LogP contribution in [0.3, 0.4) is 0 Å². The highest BCUT2D eigenvalue weighted by Crippen LogP contribution is 2.25. The molecule has 0 bridgehead atoms. The Bertz CT molecular complexity index is 1070. The van der Waals surface area contributed by atoms with Crippen LogP contribution in [-0.4, -0.2) is 36.4 Å². The van der Waals surface area contributed by atoms with E-state index in [0.29, 0.717) is 22.7 Å². The first-order valence-electron chi connectivity index (χ1n) is 10.7. The molecule has 6 heteroatoms. The molecular weight excluding hydrogens is 404 g/mol. The van der Waals surface area contributed by atoms with E-state index in [9.17, 15) is 9.59 Å². The molecule has 0 aliphatic carbocycles. The Labute approximate surface area is 187 Å². The van der Waals surface area contributed by atoms with Crippen LogP contribution in [0.2, 0.25) is 0 Å². The lowest BCUT2D eigenvalue weighted by molar-refractivity contribution is -0.118. The second kappa shape index (κ2) is 10.0. The molecule has 32 heavy (non-hydrogen) atoms. The summed E-state index contributed by atoms with van der Waals surface area (Å²) in [5.41, 5.74) is 1.90. The Hall–Kier alpha value is -3.80. The van der Waals surface area contributed by atoms with Gasteiger partial charge in [0.1, 0.15) is 17.2 Å². The van der Waals surface area contributed by atoms with Crippen LogP contribution in [0, 0.1) is 6.92 Å². The number of benzene rings is 3. The molecule has 1 aliphatic rings. The first-order chi connectivity index (χ1) is 15.6.